The molecule has 2 aromatic carbocycles. The summed E-state index contributed by atoms with van der Waals surface area (Å²) in [4.78, 5) is 12.4. The number of amides is 1. The Morgan fingerprint density at radius 2 is 1.81 bits per heavy atom. The number of nitrogens with zero attached hydrogens (tertiary/aromatic N) is 2. The van der Waals surface area contributed by atoms with Crippen LogP contribution in [0.5, 0.6) is 0 Å². The summed E-state index contributed by atoms with van der Waals surface area (Å²) in [5.74, 6) is 1.39. The number of thioether (sulfide) groups is 1. The number of nitrogens with one attached hydrogen (secondary N) is 1. The Morgan fingerprint density at radius 3 is 2.58 bits per heavy atom. The number of rotatable bonds is 7. The van der Waals surface area contributed by atoms with E-state index < -0.39 is 0 Å². The van der Waals surface area contributed by atoms with Crippen molar-refractivity contribution in [3.05, 3.63) is 71.8 Å². The van der Waals surface area contributed by atoms with E-state index in [9.17, 15) is 4.79 Å². The van der Waals surface area contributed by atoms with E-state index in [-0.39, 0.29) is 11.8 Å². The Kier molecular flexibility index (Phi) is 5.32. The van der Waals surface area contributed by atoms with Crippen LogP contribution >= 0.6 is 23.1 Å². The fraction of sp³-hybridized carbons (Fsp3) is 0.250. The highest BCUT2D eigenvalue weighted by molar-refractivity contribution is 8.01. The Hall–Kier alpha value is -2.18. The van der Waals surface area contributed by atoms with Crippen molar-refractivity contribution >= 4 is 34.1 Å². The maximum Gasteiger partial charge on any atom is 0.229 e. The minimum Gasteiger partial charge on any atom is -0.300 e. The first kappa shape index (κ1) is 17.2. The average molecular weight is 382 g/mol. The summed E-state index contributed by atoms with van der Waals surface area (Å²) < 4.78 is 0.895. The van der Waals surface area contributed by atoms with Crippen LogP contribution < -0.4 is 5.32 Å². The summed E-state index contributed by atoms with van der Waals surface area (Å²) in [5.41, 5.74) is 2.56. The number of carbonyl (C=O) groups is 1. The molecule has 1 fully saturated rings. The van der Waals surface area contributed by atoms with Gasteiger partial charge in [-0.3, -0.25) is 4.79 Å². The van der Waals surface area contributed by atoms with Crippen molar-refractivity contribution in [1.82, 2.24) is 10.2 Å². The summed E-state index contributed by atoms with van der Waals surface area (Å²) in [6.45, 7) is 0. The van der Waals surface area contributed by atoms with Crippen LogP contribution in [0.4, 0.5) is 5.13 Å². The Labute approximate surface area is 161 Å². The second kappa shape index (κ2) is 8.01. The lowest BCUT2D eigenvalue weighted by atomic mass is 10.1. The van der Waals surface area contributed by atoms with Gasteiger partial charge in [-0.25, -0.2) is 0 Å². The fourth-order valence-corrected chi connectivity index (χ4v) is 4.78. The number of carbonyl (C=O) groups excluding carboxylic acids is 1. The van der Waals surface area contributed by atoms with Gasteiger partial charge in [0, 0.05) is 11.7 Å². The van der Waals surface area contributed by atoms with Crippen LogP contribution in [0.25, 0.3) is 0 Å². The minimum atomic E-state index is 0.0514. The molecule has 3 aromatic rings. The van der Waals surface area contributed by atoms with Crippen molar-refractivity contribution < 1.29 is 4.79 Å². The molecule has 0 saturated heterocycles. The molecule has 6 heteroatoms. The van der Waals surface area contributed by atoms with Gasteiger partial charge in [-0.2, -0.15) is 0 Å². The predicted molar refractivity (Wildman–Crippen MR) is 107 cm³/mol. The average Bonchev–Trinajstić information content (AvgIpc) is 3.38. The molecule has 1 N–H and O–H groups in total. The highest BCUT2D eigenvalue weighted by Crippen LogP contribution is 2.48. The normalized spacial score (nSPS) is 18.5. The maximum absolute atomic E-state index is 12.4. The van der Waals surface area contributed by atoms with Gasteiger partial charge in [0.15, 0.2) is 4.34 Å². The summed E-state index contributed by atoms with van der Waals surface area (Å²) in [7, 11) is 0. The minimum absolute atomic E-state index is 0.0514. The highest BCUT2D eigenvalue weighted by atomic mass is 32.2. The predicted octanol–water partition coefficient (Wildman–Crippen LogP) is 4.62. The van der Waals surface area contributed by atoms with Gasteiger partial charge < -0.3 is 5.32 Å². The zero-order chi connectivity index (χ0) is 17.8. The van der Waals surface area contributed by atoms with E-state index in [0.717, 1.165) is 22.9 Å². The van der Waals surface area contributed by atoms with Crippen molar-refractivity contribution in [3.8, 4) is 0 Å². The van der Waals surface area contributed by atoms with E-state index >= 15 is 0 Å². The fourth-order valence-electron chi connectivity index (χ4n) is 2.97. The number of aryl methyl sites for hydroxylation is 1. The Balaban J connectivity index is 1.25. The maximum atomic E-state index is 12.4. The molecule has 1 aromatic heterocycles. The summed E-state index contributed by atoms with van der Waals surface area (Å²) >= 11 is 3.13. The lowest BCUT2D eigenvalue weighted by molar-refractivity contribution is -0.117. The van der Waals surface area contributed by atoms with Crippen LogP contribution in [0.2, 0.25) is 0 Å². The molecular weight excluding hydrogens is 362 g/mol. The van der Waals surface area contributed by atoms with Crippen LogP contribution in [-0.2, 0) is 11.2 Å². The number of aromatic nitrogens is 2. The first-order valence-corrected chi connectivity index (χ1v) is 10.5. The van der Waals surface area contributed by atoms with Gasteiger partial charge in [0.05, 0.1) is 0 Å². The van der Waals surface area contributed by atoms with E-state index in [4.69, 9.17) is 0 Å². The number of hydrogen-bond donors (Lipinski definition) is 1. The number of anilines is 1. The van der Waals surface area contributed by atoms with Gasteiger partial charge in [0.25, 0.3) is 0 Å². The second-order valence-corrected chi connectivity index (χ2v) is 8.63. The van der Waals surface area contributed by atoms with Crippen LogP contribution in [0.3, 0.4) is 0 Å². The highest BCUT2D eigenvalue weighted by Gasteiger charge is 2.44. The molecule has 1 amide bonds. The lowest BCUT2D eigenvalue weighted by Crippen LogP contribution is -2.14. The molecule has 1 aliphatic carbocycles. The van der Waals surface area contributed by atoms with E-state index in [1.807, 2.05) is 24.3 Å². The summed E-state index contributed by atoms with van der Waals surface area (Å²) in [6, 6.07) is 20.6. The molecule has 0 unspecified atom stereocenters. The smallest absolute Gasteiger partial charge is 0.229 e. The number of benzene rings is 2. The van der Waals surface area contributed by atoms with E-state index in [1.165, 1.54) is 22.5 Å². The van der Waals surface area contributed by atoms with Crippen molar-refractivity contribution in [2.24, 2.45) is 5.92 Å². The molecule has 2 atom stereocenters. The summed E-state index contributed by atoms with van der Waals surface area (Å²) in [5, 5.41) is 11.8. The molecule has 1 heterocycles. The Morgan fingerprint density at radius 1 is 1.08 bits per heavy atom. The Bertz CT molecular complexity index is 867. The quantitative estimate of drug-likeness (QED) is 0.479. The first-order valence-electron chi connectivity index (χ1n) is 8.65. The van der Waals surface area contributed by atoms with Gasteiger partial charge in [0.1, 0.15) is 0 Å². The first-order chi connectivity index (χ1) is 12.8. The van der Waals surface area contributed by atoms with Crippen LogP contribution in [0.15, 0.2) is 65.0 Å². The van der Waals surface area contributed by atoms with Gasteiger partial charge >= 0.3 is 0 Å². The lowest BCUT2D eigenvalue weighted by Gasteiger charge is -2.01. The SMILES string of the molecule is O=C(Nc1nnc(SCCc2ccccc2)s1)[C@@H]1C[C@H]1c1ccccc1. The van der Waals surface area contributed by atoms with E-state index in [1.54, 1.807) is 11.8 Å². The van der Waals surface area contributed by atoms with Crippen LogP contribution in [0, 0.1) is 5.92 Å². The molecular formula is C20H19N3OS2. The zero-order valence-corrected chi connectivity index (χ0v) is 15.8. The van der Waals surface area contributed by atoms with Crippen molar-refractivity contribution in [1.29, 1.82) is 0 Å². The largest absolute Gasteiger partial charge is 0.300 e. The third-order valence-electron chi connectivity index (χ3n) is 4.45. The van der Waals surface area contributed by atoms with Gasteiger partial charge in [-0.05, 0) is 29.9 Å². The van der Waals surface area contributed by atoms with Gasteiger partial charge in [-0.1, -0.05) is 83.8 Å². The van der Waals surface area contributed by atoms with Crippen molar-refractivity contribution in [2.45, 2.75) is 23.1 Å². The standard InChI is InChI=1S/C20H19N3OS2/c24-18(17-13-16(17)15-9-5-2-6-10-15)21-19-22-23-20(26-19)25-12-11-14-7-3-1-4-8-14/h1-10,16-17H,11-13H2,(H,21,22,24)/t16-,17+/m0/s1. The molecule has 4 nitrogen and oxygen atoms in total. The molecule has 1 aliphatic rings. The molecule has 0 spiro atoms. The zero-order valence-electron chi connectivity index (χ0n) is 14.2. The molecule has 0 radical (unpaired) electrons. The van der Waals surface area contributed by atoms with Crippen LogP contribution in [0.1, 0.15) is 23.5 Å². The third-order valence-corrected chi connectivity index (χ3v) is 6.42. The molecule has 0 bridgehead atoms. The van der Waals surface area contributed by atoms with E-state index in [0.29, 0.717) is 11.0 Å². The molecule has 1 saturated carbocycles. The second-order valence-electron chi connectivity index (χ2n) is 6.31. The number of hydrogen-bond acceptors (Lipinski definition) is 5. The van der Waals surface area contributed by atoms with Gasteiger partial charge in [-0.15, -0.1) is 10.2 Å². The van der Waals surface area contributed by atoms with Crippen LogP contribution in [-0.4, -0.2) is 21.9 Å². The third kappa shape index (κ3) is 4.31. The monoisotopic (exact) mass is 381 g/mol. The van der Waals surface area contributed by atoms with E-state index in [2.05, 4.69) is 51.9 Å². The molecule has 0 aliphatic heterocycles. The van der Waals surface area contributed by atoms with Crippen molar-refractivity contribution in [2.75, 3.05) is 11.1 Å². The van der Waals surface area contributed by atoms with Gasteiger partial charge in [0.2, 0.25) is 11.0 Å². The summed E-state index contributed by atoms with van der Waals surface area (Å²) in [6.07, 6.45) is 1.90. The molecule has 4 rings (SSSR count). The van der Waals surface area contributed by atoms with Crippen molar-refractivity contribution in [3.63, 3.8) is 0 Å². The molecule has 26 heavy (non-hydrogen) atoms. The molecule has 132 valence electrons. The topological polar surface area (TPSA) is 54.9 Å².